The van der Waals surface area contributed by atoms with Crippen molar-refractivity contribution in [2.45, 2.75) is 83.1 Å². The Morgan fingerprint density at radius 1 is 1.19 bits per heavy atom. The van der Waals surface area contributed by atoms with E-state index >= 15 is 0 Å². The van der Waals surface area contributed by atoms with Crippen LogP contribution >= 0.6 is 0 Å². The van der Waals surface area contributed by atoms with Gasteiger partial charge in [-0.15, -0.1) is 0 Å². The van der Waals surface area contributed by atoms with Crippen molar-refractivity contribution >= 4 is 5.96 Å². The number of rotatable bonds is 6. The summed E-state index contributed by atoms with van der Waals surface area (Å²) in [5.74, 6) is 1.55. The lowest BCUT2D eigenvalue weighted by atomic mass is 9.93. The minimum absolute atomic E-state index is 0.136. The van der Waals surface area contributed by atoms with E-state index < -0.39 is 0 Å². The Morgan fingerprint density at radius 2 is 1.96 bits per heavy atom. The Labute approximate surface area is 156 Å². The Hall–Kier alpha value is -1.82. The zero-order valence-corrected chi connectivity index (χ0v) is 15.8. The van der Waals surface area contributed by atoms with Crippen molar-refractivity contribution < 1.29 is 9.84 Å². The monoisotopic (exact) mass is 360 g/mol. The normalized spacial score (nSPS) is 24.5. The average Bonchev–Trinajstić information content (AvgIpc) is 3.16. The van der Waals surface area contributed by atoms with E-state index in [4.69, 9.17) is 4.74 Å². The van der Waals surface area contributed by atoms with Crippen LogP contribution in [0.5, 0.6) is 5.88 Å². The standard InChI is InChI=1S/C20H32N4O2/c1-2-21-20(24-16-8-10-17(25)11-9-16)23-14-15-7-12-19(22-13-15)26-18-5-3-4-6-18/h7,12-13,16-18,25H,2-6,8-11,14H2,1H3,(H2,21,23,24). The molecular formula is C20H32N4O2. The van der Waals surface area contributed by atoms with Gasteiger partial charge in [-0.2, -0.15) is 0 Å². The van der Waals surface area contributed by atoms with Gasteiger partial charge in [-0.3, -0.25) is 0 Å². The highest BCUT2D eigenvalue weighted by Crippen LogP contribution is 2.23. The summed E-state index contributed by atoms with van der Waals surface area (Å²) in [6.45, 7) is 3.48. The summed E-state index contributed by atoms with van der Waals surface area (Å²) < 4.78 is 5.91. The van der Waals surface area contributed by atoms with E-state index in [2.05, 4.69) is 27.5 Å². The van der Waals surface area contributed by atoms with Gasteiger partial charge in [0.25, 0.3) is 0 Å². The number of aromatic nitrogens is 1. The number of nitrogens with one attached hydrogen (secondary N) is 2. The molecule has 0 spiro atoms. The molecule has 3 rings (SSSR count). The second-order valence-corrected chi connectivity index (χ2v) is 7.37. The highest BCUT2D eigenvalue weighted by Gasteiger charge is 2.20. The predicted molar refractivity (Wildman–Crippen MR) is 103 cm³/mol. The van der Waals surface area contributed by atoms with Gasteiger partial charge in [-0.25, -0.2) is 9.98 Å². The highest BCUT2D eigenvalue weighted by molar-refractivity contribution is 5.80. The van der Waals surface area contributed by atoms with Crippen LogP contribution in [-0.4, -0.2) is 40.8 Å². The Morgan fingerprint density at radius 3 is 2.62 bits per heavy atom. The maximum absolute atomic E-state index is 9.64. The molecule has 2 fully saturated rings. The van der Waals surface area contributed by atoms with Crippen molar-refractivity contribution in [2.24, 2.45) is 4.99 Å². The van der Waals surface area contributed by atoms with E-state index in [9.17, 15) is 5.11 Å². The van der Waals surface area contributed by atoms with E-state index in [1.165, 1.54) is 12.8 Å². The smallest absolute Gasteiger partial charge is 0.213 e. The van der Waals surface area contributed by atoms with Crippen LogP contribution in [0.3, 0.4) is 0 Å². The van der Waals surface area contributed by atoms with E-state index in [0.29, 0.717) is 18.7 Å². The Bertz CT molecular complexity index is 562. The number of ether oxygens (including phenoxy) is 1. The molecule has 2 aliphatic rings. The maximum Gasteiger partial charge on any atom is 0.213 e. The summed E-state index contributed by atoms with van der Waals surface area (Å²) in [6, 6.07) is 4.38. The number of pyridine rings is 1. The lowest BCUT2D eigenvalue weighted by Gasteiger charge is -2.27. The minimum atomic E-state index is -0.136. The van der Waals surface area contributed by atoms with Crippen molar-refractivity contribution in [1.29, 1.82) is 0 Å². The third kappa shape index (κ3) is 5.87. The zero-order valence-electron chi connectivity index (χ0n) is 15.8. The molecule has 1 heterocycles. The third-order valence-corrected chi connectivity index (χ3v) is 5.19. The van der Waals surface area contributed by atoms with E-state index in [-0.39, 0.29) is 6.10 Å². The molecule has 0 saturated heterocycles. The largest absolute Gasteiger partial charge is 0.474 e. The second kappa shape index (κ2) is 9.76. The number of hydrogen-bond acceptors (Lipinski definition) is 4. The topological polar surface area (TPSA) is 78.8 Å². The number of hydrogen-bond donors (Lipinski definition) is 3. The summed E-state index contributed by atoms with van der Waals surface area (Å²) >= 11 is 0. The molecular weight excluding hydrogens is 328 g/mol. The van der Waals surface area contributed by atoms with E-state index in [0.717, 1.165) is 62.5 Å². The van der Waals surface area contributed by atoms with Crippen molar-refractivity contribution in [1.82, 2.24) is 15.6 Å². The fraction of sp³-hybridized carbons (Fsp3) is 0.700. The maximum atomic E-state index is 9.64. The second-order valence-electron chi connectivity index (χ2n) is 7.37. The van der Waals surface area contributed by atoms with Crippen LogP contribution < -0.4 is 15.4 Å². The summed E-state index contributed by atoms with van der Waals surface area (Å²) in [5.41, 5.74) is 1.07. The first-order valence-electron chi connectivity index (χ1n) is 10.1. The molecule has 0 radical (unpaired) electrons. The Balaban J connectivity index is 1.51. The summed E-state index contributed by atoms with van der Waals surface area (Å²) in [4.78, 5) is 9.11. The van der Waals surface area contributed by atoms with Gasteiger partial charge in [0.15, 0.2) is 5.96 Å². The minimum Gasteiger partial charge on any atom is -0.474 e. The van der Waals surface area contributed by atoms with Crippen LogP contribution in [0.2, 0.25) is 0 Å². The predicted octanol–water partition coefficient (Wildman–Crippen LogP) is 2.76. The van der Waals surface area contributed by atoms with Crippen LogP contribution in [-0.2, 0) is 6.54 Å². The van der Waals surface area contributed by atoms with Crippen LogP contribution in [0.1, 0.15) is 63.9 Å². The number of aliphatic imine (C=N–C) groups is 1. The molecule has 6 heteroatoms. The van der Waals surface area contributed by atoms with Gasteiger partial charge >= 0.3 is 0 Å². The van der Waals surface area contributed by atoms with Crippen molar-refractivity contribution in [3.8, 4) is 5.88 Å². The van der Waals surface area contributed by atoms with Gasteiger partial charge in [0.2, 0.25) is 5.88 Å². The summed E-state index contributed by atoms with van der Waals surface area (Å²) in [5, 5.41) is 16.4. The quantitative estimate of drug-likeness (QED) is 0.537. The van der Waals surface area contributed by atoms with Gasteiger partial charge < -0.3 is 20.5 Å². The van der Waals surface area contributed by atoms with Gasteiger partial charge in [0, 0.05) is 24.8 Å². The van der Waals surface area contributed by atoms with Gasteiger partial charge in [0.05, 0.1) is 12.6 Å². The fourth-order valence-corrected chi connectivity index (χ4v) is 3.66. The molecule has 0 unspecified atom stereocenters. The molecule has 0 bridgehead atoms. The number of nitrogens with zero attached hydrogens (tertiary/aromatic N) is 2. The average molecular weight is 361 g/mol. The van der Waals surface area contributed by atoms with Gasteiger partial charge in [-0.05, 0) is 63.9 Å². The van der Waals surface area contributed by atoms with Crippen LogP contribution in [0.4, 0.5) is 0 Å². The fourth-order valence-electron chi connectivity index (χ4n) is 3.66. The summed E-state index contributed by atoms with van der Waals surface area (Å²) in [6.07, 6.45) is 10.6. The number of aliphatic hydroxyl groups excluding tert-OH is 1. The van der Waals surface area contributed by atoms with Crippen LogP contribution in [0.15, 0.2) is 23.3 Å². The number of guanidine groups is 1. The molecule has 3 N–H and O–H groups in total. The molecule has 0 atom stereocenters. The molecule has 0 aliphatic heterocycles. The van der Waals surface area contributed by atoms with Crippen LogP contribution in [0, 0.1) is 0 Å². The molecule has 144 valence electrons. The van der Waals surface area contributed by atoms with E-state index in [1.54, 1.807) is 0 Å². The lowest BCUT2D eigenvalue weighted by molar-refractivity contribution is 0.120. The first kappa shape index (κ1) is 19.0. The number of aliphatic hydroxyl groups is 1. The molecule has 26 heavy (non-hydrogen) atoms. The van der Waals surface area contributed by atoms with Crippen molar-refractivity contribution in [2.75, 3.05) is 6.54 Å². The highest BCUT2D eigenvalue weighted by atomic mass is 16.5. The SMILES string of the molecule is CCNC(=NCc1ccc(OC2CCCC2)nc1)NC1CCC(O)CC1. The van der Waals surface area contributed by atoms with E-state index in [1.807, 2.05) is 18.3 Å². The first-order valence-corrected chi connectivity index (χ1v) is 10.1. The molecule has 0 amide bonds. The molecule has 0 aromatic carbocycles. The Kier molecular flexibility index (Phi) is 7.12. The summed E-state index contributed by atoms with van der Waals surface area (Å²) in [7, 11) is 0. The molecule has 6 nitrogen and oxygen atoms in total. The lowest BCUT2D eigenvalue weighted by Crippen LogP contribution is -2.45. The molecule has 1 aromatic heterocycles. The molecule has 2 saturated carbocycles. The van der Waals surface area contributed by atoms with Crippen molar-refractivity contribution in [3.05, 3.63) is 23.9 Å². The van der Waals surface area contributed by atoms with Gasteiger partial charge in [-0.1, -0.05) is 6.07 Å². The first-order chi connectivity index (χ1) is 12.7. The van der Waals surface area contributed by atoms with Crippen LogP contribution in [0.25, 0.3) is 0 Å². The zero-order chi connectivity index (χ0) is 18.2. The van der Waals surface area contributed by atoms with Gasteiger partial charge in [0.1, 0.15) is 6.10 Å². The van der Waals surface area contributed by atoms with Crippen molar-refractivity contribution in [3.63, 3.8) is 0 Å². The third-order valence-electron chi connectivity index (χ3n) is 5.19. The molecule has 2 aliphatic carbocycles. The molecule has 1 aromatic rings.